The molecule has 8 heteroatoms. The van der Waals surface area contributed by atoms with Crippen molar-refractivity contribution in [1.29, 1.82) is 0 Å². The van der Waals surface area contributed by atoms with E-state index in [1.807, 2.05) is 0 Å². The Morgan fingerprint density at radius 3 is 2.18 bits per heavy atom. The fourth-order valence-electron chi connectivity index (χ4n) is 6.22. The first-order chi connectivity index (χ1) is 15.5. The zero-order chi connectivity index (χ0) is 23.8. The molecule has 4 saturated carbocycles. The molecule has 33 heavy (non-hydrogen) atoms. The number of carbonyl (C=O) groups excluding carboxylic acids is 3. The molecule has 0 spiro atoms. The third kappa shape index (κ3) is 5.65. The molecule has 0 aliphatic heterocycles. The molecule has 4 aliphatic rings. The SMILES string of the molecule is CC(C)(C)OC(=O)Nc1ccc(F)cc1NC(=O)CCNC(=O)C12CC3CC(CC(C3)C1)C2. The molecule has 4 aliphatic carbocycles. The Morgan fingerprint density at radius 2 is 1.61 bits per heavy atom. The van der Waals surface area contributed by atoms with Gasteiger partial charge in [-0.15, -0.1) is 0 Å². The molecule has 4 fully saturated rings. The van der Waals surface area contributed by atoms with Crippen molar-refractivity contribution in [1.82, 2.24) is 5.32 Å². The van der Waals surface area contributed by atoms with Gasteiger partial charge in [0.25, 0.3) is 0 Å². The maximum atomic E-state index is 13.8. The third-order valence-electron chi connectivity index (χ3n) is 7.05. The van der Waals surface area contributed by atoms with Gasteiger partial charge in [0.15, 0.2) is 0 Å². The first kappa shape index (κ1) is 23.5. The lowest BCUT2D eigenvalue weighted by molar-refractivity contribution is -0.146. The van der Waals surface area contributed by atoms with E-state index in [0.29, 0.717) is 17.8 Å². The van der Waals surface area contributed by atoms with Crippen molar-refractivity contribution >= 4 is 29.3 Å². The van der Waals surface area contributed by atoms with Crippen LogP contribution in [0, 0.1) is 29.0 Å². The summed E-state index contributed by atoms with van der Waals surface area (Å²) < 4.78 is 19.0. The lowest BCUT2D eigenvalue weighted by Crippen LogP contribution is -2.53. The Kier molecular flexibility index (Phi) is 6.38. The number of carbonyl (C=O) groups is 3. The van der Waals surface area contributed by atoms with Crippen LogP contribution in [0.3, 0.4) is 0 Å². The van der Waals surface area contributed by atoms with Crippen LogP contribution >= 0.6 is 0 Å². The van der Waals surface area contributed by atoms with Crippen molar-refractivity contribution in [2.24, 2.45) is 23.2 Å². The van der Waals surface area contributed by atoms with E-state index < -0.39 is 17.5 Å². The van der Waals surface area contributed by atoms with Gasteiger partial charge in [-0.1, -0.05) is 0 Å². The first-order valence-electron chi connectivity index (χ1n) is 11.9. The average Bonchev–Trinajstić information content (AvgIpc) is 2.67. The first-order valence-corrected chi connectivity index (χ1v) is 11.9. The Hall–Kier alpha value is -2.64. The second-order valence-electron chi connectivity index (χ2n) is 11.1. The predicted octanol–water partition coefficient (Wildman–Crippen LogP) is 4.83. The van der Waals surface area contributed by atoms with E-state index in [1.54, 1.807) is 20.8 Å². The molecule has 3 N–H and O–H groups in total. The van der Waals surface area contributed by atoms with Crippen molar-refractivity contribution < 1.29 is 23.5 Å². The summed E-state index contributed by atoms with van der Waals surface area (Å²) in [5.41, 5.74) is -0.573. The maximum Gasteiger partial charge on any atom is 0.412 e. The van der Waals surface area contributed by atoms with Crippen LogP contribution in [-0.2, 0) is 14.3 Å². The van der Waals surface area contributed by atoms with Gasteiger partial charge in [0, 0.05) is 18.4 Å². The number of ether oxygens (including phenoxy) is 1. The van der Waals surface area contributed by atoms with Crippen LogP contribution in [-0.4, -0.2) is 30.1 Å². The van der Waals surface area contributed by atoms with Crippen molar-refractivity contribution in [3.05, 3.63) is 24.0 Å². The molecule has 0 atom stereocenters. The fraction of sp³-hybridized carbons (Fsp3) is 0.640. The van der Waals surface area contributed by atoms with Gasteiger partial charge < -0.3 is 15.4 Å². The minimum atomic E-state index is -0.701. The van der Waals surface area contributed by atoms with E-state index in [1.165, 1.54) is 31.4 Å². The summed E-state index contributed by atoms with van der Waals surface area (Å²) in [6.07, 6.45) is 6.07. The molecule has 0 heterocycles. The predicted molar refractivity (Wildman–Crippen MR) is 123 cm³/mol. The lowest BCUT2D eigenvalue weighted by Gasteiger charge is -2.55. The van der Waals surface area contributed by atoms with E-state index in [-0.39, 0.29) is 41.6 Å². The van der Waals surface area contributed by atoms with Gasteiger partial charge >= 0.3 is 6.09 Å². The highest BCUT2D eigenvalue weighted by Gasteiger charge is 2.54. The van der Waals surface area contributed by atoms with Crippen LogP contribution < -0.4 is 16.0 Å². The minimum absolute atomic E-state index is 0.0560. The van der Waals surface area contributed by atoms with Crippen LogP contribution in [0.15, 0.2) is 18.2 Å². The molecule has 5 rings (SSSR count). The third-order valence-corrected chi connectivity index (χ3v) is 7.05. The van der Waals surface area contributed by atoms with E-state index >= 15 is 0 Å². The fourth-order valence-corrected chi connectivity index (χ4v) is 6.22. The molecule has 7 nitrogen and oxygen atoms in total. The maximum absolute atomic E-state index is 13.8. The summed E-state index contributed by atoms with van der Waals surface area (Å²) in [5.74, 6) is 1.18. The molecule has 0 saturated heterocycles. The molecule has 1 aromatic carbocycles. The Bertz CT molecular complexity index is 905. The van der Waals surface area contributed by atoms with Gasteiger partial charge in [0.1, 0.15) is 11.4 Å². The van der Waals surface area contributed by atoms with Gasteiger partial charge in [0.05, 0.1) is 11.4 Å². The summed E-state index contributed by atoms with van der Waals surface area (Å²) in [7, 11) is 0. The van der Waals surface area contributed by atoms with Crippen LogP contribution in [0.4, 0.5) is 20.6 Å². The van der Waals surface area contributed by atoms with Crippen LogP contribution in [0.5, 0.6) is 0 Å². The summed E-state index contributed by atoms with van der Waals surface area (Å²) in [6.45, 7) is 5.42. The lowest BCUT2D eigenvalue weighted by atomic mass is 9.49. The Morgan fingerprint density at radius 1 is 1.00 bits per heavy atom. The molecular weight excluding hydrogens is 425 g/mol. The second-order valence-corrected chi connectivity index (χ2v) is 11.1. The van der Waals surface area contributed by atoms with Gasteiger partial charge in [-0.2, -0.15) is 0 Å². The molecule has 180 valence electrons. The molecule has 3 amide bonds. The summed E-state index contributed by atoms with van der Waals surface area (Å²) in [4.78, 5) is 37.6. The smallest absolute Gasteiger partial charge is 0.412 e. The highest BCUT2D eigenvalue weighted by atomic mass is 19.1. The molecule has 1 aromatic rings. The van der Waals surface area contributed by atoms with E-state index in [0.717, 1.165) is 25.3 Å². The van der Waals surface area contributed by atoms with Gasteiger partial charge in [0.2, 0.25) is 11.8 Å². The van der Waals surface area contributed by atoms with E-state index in [9.17, 15) is 18.8 Å². The van der Waals surface area contributed by atoms with Crippen LogP contribution in [0.25, 0.3) is 0 Å². The monoisotopic (exact) mass is 459 g/mol. The van der Waals surface area contributed by atoms with Crippen molar-refractivity contribution in [3.63, 3.8) is 0 Å². The van der Waals surface area contributed by atoms with Gasteiger partial charge in [-0.05, 0) is 95.2 Å². The van der Waals surface area contributed by atoms with Crippen molar-refractivity contribution in [2.45, 2.75) is 71.3 Å². The largest absolute Gasteiger partial charge is 0.444 e. The summed E-state index contributed by atoms with van der Waals surface area (Å²) >= 11 is 0. The molecule has 0 unspecified atom stereocenters. The Labute approximate surface area is 194 Å². The zero-order valence-electron chi connectivity index (χ0n) is 19.6. The topological polar surface area (TPSA) is 96.5 Å². The van der Waals surface area contributed by atoms with Crippen molar-refractivity contribution in [2.75, 3.05) is 17.2 Å². The number of benzene rings is 1. The normalized spacial score (nSPS) is 27.7. The van der Waals surface area contributed by atoms with E-state index in [2.05, 4.69) is 16.0 Å². The number of halogens is 1. The number of hydrogen-bond acceptors (Lipinski definition) is 4. The van der Waals surface area contributed by atoms with Crippen molar-refractivity contribution in [3.8, 4) is 0 Å². The number of anilines is 2. The van der Waals surface area contributed by atoms with Crippen LogP contribution in [0.2, 0.25) is 0 Å². The van der Waals surface area contributed by atoms with Crippen LogP contribution in [0.1, 0.15) is 65.7 Å². The zero-order valence-corrected chi connectivity index (χ0v) is 19.6. The molecule has 0 aromatic heterocycles. The minimum Gasteiger partial charge on any atom is -0.444 e. The molecule has 4 bridgehead atoms. The molecular formula is C25H34FN3O4. The standard InChI is InChI=1S/C25H34FN3O4/c1-24(2,3)33-23(32)29-19-5-4-18(26)11-20(19)28-21(30)6-7-27-22(31)25-12-15-8-16(13-25)10-17(9-15)14-25/h4-5,11,15-17H,6-10,12-14H2,1-3H3,(H,27,31)(H,28,30)(H,29,32). The quantitative estimate of drug-likeness (QED) is 0.567. The number of hydrogen-bond donors (Lipinski definition) is 3. The Balaban J connectivity index is 1.30. The number of rotatable bonds is 6. The number of nitrogens with one attached hydrogen (secondary N) is 3. The molecule has 0 radical (unpaired) electrons. The van der Waals surface area contributed by atoms with Gasteiger partial charge in [-0.25, -0.2) is 9.18 Å². The highest BCUT2D eigenvalue weighted by molar-refractivity contribution is 5.98. The van der Waals surface area contributed by atoms with Gasteiger partial charge in [-0.3, -0.25) is 14.9 Å². The van der Waals surface area contributed by atoms with E-state index in [4.69, 9.17) is 4.74 Å². The average molecular weight is 460 g/mol. The highest BCUT2D eigenvalue weighted by Crippen LogP contribution is 2.60. The summed E-state index contributed by atoms with van der Waals surface area (Å²) in [6, 6.07) is 3.69. The number of amides is 3. The second kappa shape index (κ2) is 8.95. The summed E-state index contributed by atoms with van der Waals surface area (Å²) in [5, 5.41) is 8.14.